The quantitative estimate of drug-likeness (QED) is 0.527. The van der Waals surface area contributed by atoms with Crippen molar-refractivity contribution < 1.29 is 4.58 Å². The van der Waals surface area contributed by atoms with Crippen LogP contribution in [0, 0.1) is 0 Å². The van der Waals surface area contributed by atoms with E-state index in [0.29, 0.717) is 23.7 Å². The Hall–Kier alpha value is -2.09. The van der Waals surface area contributed by atoms with E-state index in [0.717, 1.165) is 13.1 Å². The molecular formula is C26H35N2+. The fourth-order valence-corrected chi connectivity index (χ4v) is 5.17. The summed E-state index contributed by atoms with van der Waals surface area (Å²) in [6, 6.07) is 13.9. The maximum atomic E-state index is 2.53. The highest BCUT2D eigenvalue weighted by Crippen LogP contribution is 2.43. The smallest absolute Gasteiger partial charge is 0.229 e. The molecule has 2 heterocycles. The van der Waals surface area contributed by atoms with Crippen LogP contribution in [0.4, 0.5) is 11.4 Å². The zero-order valence-corrected chi connectivity index (χ0v) is 18.4. The van der Waals surface area contributed by atoms with Crippen molar-refractivity contribution in [3.05, 3.63) is 58.7 Å². The van der Waals surface area contributed by atoms with Crippen LogP contribution in [0.5, 0.6) is 0 Å². The minimum atomic E-state index is 0.531. The van der Waals surface area contributed by atoms with Crippen LogP contribution in [0.2, 0.25) is 0 Å². The minimum Gasteiger partial charge on any atom is -0.229 e. The molecule has 0 saturated heterocycles. The summed E-state index contributed by atoms with van der Waals surface area (Å²) in [4.78, 5) is 2.53. The second-order valence-electron chi connectivity index (χ2n) is 9.42. The van der Waals surface area contributed by atoms with Crippen molar-refractivity contribution in [3.63, 3.8) is 0 Å². The molecule has 2 nitrogen and oxygen atoms in total. The van der Waals surface area contributed by atoms with Crippen LogP contribution in [0.1, 0.15) is 93.9 Å². The van der Waals surface area contributed by atoms with Crippen molar-refractivity contribution in [3.8, 4) is 0 Å². The van der Waals surface area contributed by atoms with Gasteiger partial charge < -0.3 is 0 Å². The molecule has 0 amide bonds. The predicted molar refractivity (Wildman–Crippen MR) is 121 cm³/mol. The van der Waals surface area contributed by atoms with Gasteiger partial charge in [-0.05, 0) is 30.1 Å². The third kappa shape index (κ3) is 3.17. The first kappa shape index (κ1) is 19.2. The van der Waals surface area contributed by atoms with Gasteiger partial charge in [-0.2, -0.15) is 0 Å². The van der Waals surface area contributed by atoms with E-state index >= 15 is 0 Å². The van der Waals surface area contributed by atoms with Gasteiger partial charge in [-0.25, -0.2) is 9.48 Å². The van der Waals surface area contributed by atoms with Gasteiger partial charge >= 0.3 is 0 Å². The average molecular weight is 376 g/mol. The lowest BCUT2D eigenvalue weighted by Crippen LogP contribution is -2.23. The number of benzene rings is 2. The third-order valence-electron chi connectivity index (χ3n) is 6.64. The SMILES string of the molecule is CC(C)c1cccc2c1N1C=[N+](CC1)c1c(C(C)C)cccc1C(C)CC2C. The minimum absolute atomic E-state index is 0.531. The summed E-state index contributed by atoms with van der Waals surface area (Å²) >= 11 is 0. The van der Waals surface area contributed by atoms with Gasteiger partial charge in [0.2, 0.25) is 6.34 Å². The summed E-state index contributed by atoms with van der Waals surface area (Å²) in [6.07, 6.45) is 3.57. The summed E-state index contributed by atoms with van der Waals surface area (Å²) in [5.41, 5.74) is 8.91. The van der Waals surface area contributed by atoms with Gasteiger partial charge in [-0.3, -0.25) is 0 Å². The molecule has 2 aliphatic heterocycles. The first-order valence-corrected chi connectivity index (χ1v) is 11.0. The number of fused-ring (bicyclic) bond motifs is 5. The fourth-order valence-electron chi connectivity index (χ4n) is 5.17. The predicted octanol–water partition coefficient (Wildman–Crippen LogP) is 6.74. The normalized spacial score (nSPS) is 21.6. The molecule has 0 spiro atoms. The van der Waals surface area contributed by atoms with Crippen molar-refractivity contribution in [2.75, 3.05) is 18.0 Å². The van der Waals surface area contributed by atoms with Crippen LogP contribution in [-0.2, 0) is 0 Å². The van der Waals surface area contributed by atoms with Crippen LogP contribution >= 0.6 is 0 Å². The molecule has 0 radical (unpaired) electrons. The summed E-state index contributed by atoms with van der Waals surface area (Å²) in [5.74, 6) is 2.14. The number of rotatable bonds is 2. The highest BCUT2D eigenvalue weighted by molar-refractivity contribution is 5.83. The monoisotopic (exact) mass is 375 g/mol. The van der Waals surface area contributed by atoms with E-state index in [4.69, 9.17) is 0 Å². The van der Waals surface area contributed by atoms with Gasteiger partial charge in [-0.1, -0.05) is 77.9 Å². The summed E-state index contributed by atoms with van der Waals surface area (Å²) in [6.45, 7) is 16.2. The number of para-hydroxylation sites is 2. The van der Waals surface area contributed by atoms with E-state index in [1.54, 1.807) is 0 Å². The number of hydrogen-bond donors (Lipinski definition) is 0. The molecule has 2 atom stereocenters. The van der Waals surface area contributed by atoms with E-state index in [9.17, 15) is 0 Å². The molecule has 2 aromatic carbocycles. The van der Waals surface area contributed by atoms with E-state index in [1.807, 2.05) is 0 Å². The van der Waals surface area contributed by atoms with Crippen molar-refractivity contribution in [2.45, 2.75) is 71.6 Å². The highest BCUT2D eigenvalue weighted by atomic mass is 15.3. The van der Waals surface area contributed by atoms with Crippen molar-refractivity contribution in [2.24, 2.45) is 0 Å². The standard InChI is InChI=1S/C26H35N2/c1-17(2)21-9-7-11-23-19(5)15-20(6)24-12-8-10-22(18(3)4)26(24)28-14-13-27(16-28)25(21)23/h7-12,16-20H,13-15H2,1-6H3/q+1. The van der Waals surface area contributed by atoms with E-state index in [2.05, 4.69) is 93.8 Å². The molecule has 4 rings (SSSR count). The largest absolute Gasteiger partial charge is 0.244 e. The topological polar surface area (TPSA) is 6.25 Å². The summed E-state index contributed by atoms with van der Waals surface area (Å²) < 4.78 is 2.53. The van der Waals surface area contributed by atoms with Crippen LogP contribution in [0.25, 0.3) is 0 Å². The van der Waals surface area contributed by atoms with Crippen molar-refractivity contribution in [1.29, 1.82) is 0 Å². The zero-order chi connectivity index (χ0) is 20.0. The van der Waals surface area contributed by atoms with E-state index in [1.165, 1.54) is 40.0 Å². The Balaban J connectivity index is 1.97. The van der Waals surface area contributed by atoms with Gasteiger partial charge in [0.15, 0.2) is 0 Å². The van der Waals surface area contributed by atoms with Gasteiger partial charge in [0.05, 0.1) is 0 Å². The number of anilines is 1. The molecule has 0 saturated carbocycles. The van der Waals surface area contributed by atoms with Gasteiger partial charge in [0, 0.05) is 22.3 Å². The van der Waals surface area contributed by atoms with E-state index in [-0.39, 0.29) is 0 Å². The maximum absolute atomic E-state index is 2.53. The highest BCUT2D eigenvalue weighted by Gasteiger charge is 2.34. The first-order valence-electron chi connectivity index (χ1n) is 11.0. The molecule has 2 aliphatic rings. The van der Waals surface area contributed by atoms with Crippen LogP contribution in [0.3, 0.4) is 0 Å². The Bertz CT molecular complexity index is 907. The molecule has 0 aromatic heterocycles. The molecule has 148 valence electrons. The summed E-state index contributed by atoms with van der Waals surface area (Å²) in [5, 5.41) is 0. The molecule has 2 unspecified atom stereocenters. The molecule has 2 aromatic rings. The number of hydrogen-bond acceptors (Lipinski definition) is 1. The Morgan fingerprint density at radius 2 is 1.46 bits per heavy atom. The Morgan fingerprint density at radius 3 is 2.14 bits per heavy atom. The third-order valence-corrected chi connectivity index (χ3v) is 6.64. The molecule has 0 aliphatic carbocycles. The molecule has 28 heavy (non-hydrogen) atoms. The molecule has 0 fully saturated rings. The van der Waals surface area contributed by atoms with Crippen LogP contribution < -0.4 is 4.90 Å². The maximum Gasteiger partial charge on any atom is 0.244 e. The Labute approximate surface area is 170 Å². The second-order valence-corrected chi connectivity index (χ2v) is 9.42. The van der Waals surface area contributed by atoms with Crippen molar-refractivity contribution >= 4 is 17.7 Å². The molecule has 2 bridgehead atoms. The molecular weight excluding hydrogens is 340 g/mol. The lowest BCUT2D eigenvalue weighted by molar-refractivity contribution is -0.425. The number of nitrogens with zero attached hydrogens (tertiary/aromatic N) is 2. The average Bonchev–Trinajstić information content (AvgIpc) is 3.15. The van der Waals surface area contributed by atoms with Crippen molar-refractivity contribution in [1.82, 2.24) is 0 Å². The van der Waals surface area contributed by atoms with Crippen LogP contribution in [-0.4, -0.2) is 24.0 Å². The lowest BCUT2D eigenvalue weighted by atomic mass is 9.82. The van der Waals surface area contributed by atoms with E-state index < -0.39 is 0 Å². The molecule has 2 heteroatoms. The van der Waals surface area contributed by atoms with Crippen LogP contribution in [0.15, 0.2) is 36.4 Å². The fraction of sp³-hybridized carbons (Fsp3) is 0.500. The molecule has 0 N–H and O–H groups in total. The second kappa shape index (κ2) is 7.39. The van der Waals surface area contributed by atoms with Gasteiger partial charge in [0.1, 0.15) is 24.5 Å². The lowest BCUT2D eigenvalue weighted by Gasteiger charge is -2.26. The van der Waals surface area contributed by atoms with Gasteiger partial charge in [-0.15, -0.1) is 0 Å². The zero-order valence-electron chi connectivity index (χ0n) is 18.4. The first-order chi connectivity index (χ1) is 13.4. The Morgan fingerprint density at radius 1 is 0.857 bits per heavy atom. The Kier molecular flexibility index (Phi) is 5.07. The summed E-state index contributed by atoms with van der Waals surface area (Å²) in [7, 11) is 0. The van der Waals surface area contributed by atoms with Gasteiger partial charge in [0.25, 0.3) is 0 Å².